The molecule has 5 nitrogen and oxygen atoms in total. The second-order valence-corrected chi connectivity index (χ2v) is 2.94. The molecule has 0 radical (unpaired) electrons. The van der Waals surface area contributed by atoms with Gasteiger partial charge in [0.15, 0.2) is 18.9 Å². The maximum Gasteiger partial charge on any atom is 0.190 e. The Morgan fingerprint density at radius 3 is 2.83 bits per heavy atom. The zero-order valence-electron chi connectivity index (χ0n) is 6.60. The summed E-state index contributed by atoms with van der Waals surface area (Å²) in [5.74, 6) is -0.205. The van der Waals surface area contributed by atoms with Crippen molar-refractivity contribution in [3.8, 4) is 0 Å². The second kappa shape index (κ2) is 2.77. The van der Waals surface area contributed by atoms with E-state index in [-0.39, 0.29) is 12.6 Å². The molecule has 2 rings (SSSR count). The van der Waals surface area contributed by atoms with E-state index in [0.29, 0.717) is 0 Å². The van der Waals surface area contributed by atoms with E-state index in [1.807, 2.05) is 0 Å². The van der Waals surface area contributed by atoms with E-state index in [1.54, 1.807) is 0 Å². The van der Waals surface area contributed by atoms with Crippen molar-refractivity contribution >= 4 is 5.78 Å². The molecule has 0 saturated carbocycles. The minimum Gasteiger partial charge on any atom is -0.387 e. The zero-order chi connectivity index (χ0) is 8.72. The number of fused-ring (bicyclic) bond motifs is 1. The van der Waals surface area contributed by atoms with Crippen LogP contribution < -0.4 is 0 Å². The lowest BCUT2D eigenvalue weighted by Crippen LogP contribution is -2.35. The fourth-order valence-corrected chi connectivity index (χ4v) is 1.47. The third-order valence-electron chi connectivity index (χ3n) is 2.09. The van der Waals surface area contributed by atoms with Gasteiger partial charge < -0.3 is 19.3 Å². The second-order valence-electron chi connectivity index (χ2n) is 2.94. The van der Waals surface area contributed by atoms with E-state index < -0.39 is 24.6 Å². The van der Waals surface area contributed by atoms with Crippen molar-refractivity contribution in [3.63, 3.8) is 0 Å². The molecule has 0 unspecified atom stereocenters. The van der Waals surface area contributed by atoms with Crippen molar-refractivity contribution in [2.45, 2.75) is 31.5 Å². The van der Waals surface area contributed by atoms with Gasteiger partial charge in [-0.3, -0.25) is 4.79 Å². The standard InChI is InChI=1S/C7H10O5/c1-3(8)5-4(9)6-7(12-5)11-2-10-6/h4-7,9H,2H2,1H3/t4-,5+,6+,7-/m0/s1. The largest absolute Gasteiger partial charge is 0.387 e. The van der Waals surface area contributed by atoms with Crippen molar-refractivity contribution in [2.75, 3.05) is 6.79 Å². The Balaban J connectivity index is 2.10. The summed E-state index contributed by atoms with van der Waals surface area (Å²) in [5.41, 5.74) is 0. The number of rotatable bonds is 1. The molecular formula is C7H10O5. The molecule has 12 heavy (non-hydrogen) atoms. The van der Waals surface area contributed by atoms with Gasteiger partial charge in [-0.25, -0.2) is 0 Å². The quantitative estimate of drug-likeness (QED) is 0.554. The molecule has 0 bridgehead atoms. The summed E-state index contributed by atoms with van der Waals surface area (Å²) in [7, 11) is 0. The third-order valence-corrected chi connectivity index (χ3v) is 2.09. The summed E-state index contributed by atoms with van der Waals surface area (Å²) in [4.78, 5) is 10.9. The fourth-order valence-electron chi connectivity index (χ4n) is 1.47. The van der Waals surface area contributed by atoms with Crippen LogP contribution in [0.3, 0.4) is 0 Å². The Bertz CT molecular complexity index is 204. The Morgan fingerprint density at radius 2 is 2.25 bits per heavy atom. The number of aliphatic hydroxyl groups excluding tert-OH is 1. The van der Waals surface area contributed by atoms with Gasteiger partial charge in [-0.15, -0.1) is 0 Å². The molecule has 2 aliphatic heterocycles. The van der Waals surface area contributed by atoms with Crippen LogP contribution in [0.25, 0.3) is 0 Å². The Hall–Kier alpha value is -0.490. The van der Waals surface area contributed by atoms with Gasteiger partial charge in [0, 0.05) is 0 Å². The summed E-state index contributed by atoms with van der Waals surface area (Å²) in [6.45, 7) is 1.49. The lowest BCUT2D eigenvalue weighted by molar-refractivity contribution is -0.151. The molecule has 1 N–H and O–H groups in total. The van der Waals surface area contributed by atoms with Crippen LogP contribution in [0.2, 0.25) is 0 Å². The summed E-state index contributed by atoms with van der Waals surface area (Å²) >= 11 is 0. The maximum atomic E-state index is 10.9. The molecule has 0 aromatic carbocycles. The van der Waals surface area contributed by atoms with Gasteiger partial charge in [-0.2, -0.15) is 0 Å². The van der Waals surface area contributed by atoms with Crippen LogP contribution in [0, 0.1) is 0 Å². The number of ketones is 1. The van der Waals surface area contributed by atoms with Crippen molar-refractivity contribution in [3.05, 3.63) is 0 Å². The highest BCUT2D eigenvalue weighted by molar-refractivity contribution is 5.81. The van der Waals surface area contributed by atoms with E-state index >= 15 is 0 Å². The molecule has 68 valence electrons. The van der Waals surface area contributed by atoms with E-state index in [4.69, 9.17) is 14.2 Å². The Labute approximate surface area is 69.2 Å². The molecule has 2 heterocycles. The van der Waals surface area contributed by atoms with E-state index in [0.717, 1.165) is 0 Å². The lowest BCUT2D eigenvalue weighted by atomic mass is 10.1. The van der Waals surface area contributed by atoms with Gasteiger partial charge in [0.25, 0.3) is 0 Å². The zero-order valence-corrected chi connectivity index (χ0v) is 6.60. The first-order valence-corrected chi connectivity index (χ1v) is 3.77. The van der Waals surface area contributed by atoms with Gasteiger partial charge in [0.1, 0.15) is 18.3 Å². The van der Waals surface area contributed by atoms with Crippen LogP contribution in [-0.2, 0) is 19.0 Å². The third kappa shape index (κ3) is 1.06. The normalized spacial score (nSPS) is 46.2. The van der Waals surface area contributed by atoms with Crippen LogP contribution in [0.5, 0.6) is 0 Å². The summed E-state index contributed by atoms with van der Waals surface area (Å²) in [5, 5.41) is 9.48. The number of Topliss-reactive ketones (excluding diaryl/α,β-unsaturated/α-hetero) is 1. The maximum absolute atomic E-state index is 10.9. The monoisotopic (exact) mass is 174 g/mol. The number of carbonyl (C=O) groups is 1. The highest BCUT2D eigenvalue weighted by Gasteiger charge is 2.50. The molecule has 0 aromatic heterocycles. The molecule has 2 fully saturated rings. The van der Waals surface area contributed by atoms with Crippen molar-refractivity contribution < 1.29 is 24.1 Å². The van der Waals surface area contributed by atoms with Gasteiger partial charge in [0.2, 0.25) is 0 Å². The predicted octanol–water partition coefficient (Wildman–Crippen LogP) is -0.966. The van der Waals surface area contributed by atoms with Crippen LogP contribution in [0.1, 0.15) is 6.92 Å². The first-order valence-electron chi connectivity index (χ1n) is 3.77. The highest BCUT2D eigenvalue weighted by atomic mass is 16.8. The van der Waals surface area contributed by atoms with E-state index in [2.05, 4.69) is 0 Å². The van der Waals surface area contributed by atoms with Crippen LogP contribution in [-0.4, -0.2) is 42.3 Å². The van der Waals surface area contributed by atoms with Crippen LogP contribution in [0.4, 0.5) is 0 Å². The Kier molecular flexibility index (Phi) is 1.88. The minimum absolute atomic E-state index is 0.122. The summed E-state index contributed by atoms with van der Waals surface area (Å²) in [6, 6.07) is 0. The molecule has 0 aliphatic carbocycles. The molecule has 0 aromatic rings. The molecule has 2 saturated heterocycles. The van der Waals surface area contributed by atoms with Crippen LogP contribution >= 0.6 is 0 Å². The van der Waals surface area contributed by atoms with Crippen molar-refractivity contribution in [1.82, 2.24) is 0 Å². The number of aliphatic hydroxyl groups is 1. The van der Waals surface area contributed by atoms with Gasteiger partial charge in [-0.1, -0.05) is 0 Å². The summed E-state index contributed by atoms with van der Waals surface area (Å²) < 4.78 is 15.1. The van der Waals surface area contributed by atoms with E-state index in [9.17, 15) is 9.90 Å². The van der Waals surface area contributed by atoms with E-state index in [1.165, 1.54) is 6.92 Å². The Morgan fingerprint density at radius 1 is 1.50 bits per heavy atom. The fraction of sp³-hybridized carbons (Fsp3) is 0.857. The number of ether oxygens (including phenoxy) is 3. The number of hydrogen-bond donors (Lipinski definition) is 1. The van der Waals surface area contributed by atoms with Gasteiger partial charge in [-0.05, 0) is 6.92 Å². The van der Waals surface area contributed by atoms with Crippen molar-refractivity contribution in [2.24, 2.45) is 0 Å². The first-order chi connectivity index (χ1) is 5.70. The molecule has 0 spiro atoms. The average Bonchev–Trinajstić information content (AvgIpc) is 2.53. The smallest absolute Gasteiger partial charge is 0.190 e. The van der Waals surface area contributed by atoms with Gasteiger partial charge in [0.05, 0.1) is 0 Å². The average molecular weight is 174 g/mol. The highest BCUT2D eigenvalue weighted by Crippen LogP contribution is 2.29. The van der Waals surface area contributed by atoms with Crippen LogP contribution in [0.15, 0.2) is 0 Å². The molecule has 5 heteroatoms. The molecular weight excluding hydrogens is 164 g/mol. The molecule has 0 amide bonds. The van der Waals surface area contributed by atoms with Gasteiger partial charge >= 0.3 is 0 Å². The van der Waals surface area contributed by atoms with Crippen molar-refractivity contribution in [1.29, 1.82) is 0 Å². The summed E-state index contributed by atoms with van der Waals surface area (Å²) in [6.07, 6.45) is -2.76. The number of carbonyl (C=O) groups excluding carboxylic acids is 1. The predicted molar refractivity (Wildman–Crippen MR) is 36.2 cm³/mol. The lowest BCUT2D eigenvalue weighted by Gasteiger charge is -2.12. The number of hydrogen-bond acceptors (Lipinski definition) is 5. The molecule has 4 atom stereocenters. The topological polar surface area (TPSA) is 65.0 Å². The minimum atomic E-state index is -0.894. The first kappa shape index (κ1) is 8.12. The SMILES string of the molecule is CC(=O)[C@H]1O[C@@H]2OCO[C@@H]2[C@H]1O. The molecule has 2 aliphatic rings.